The maximum atomic E-state index is 5.95. The lowest BCUT2D eigenvalue weighted by molar-refractivity contribution is 0.124. The van der Waals surface area contributed by atoms with Crippen LogP contribution in [0.2, 0.25) is 5.02 Å². The Morgan fingerprint density at radius 2 is 1.82 bits per heavy atom. The van der Waals surface area contributed by atoms with Crippen molar-refractivity contribution in [2.24, 2.45) is 22.1 Å². The van der Waals surface area contributed by atoms with Crippen LogP contribution in [0.1, 0.15) is 37.7 Å². The Bertz CT molecular complexity index is 494. The molecule has 0 radical (unpaired) electrons. The molecular weight excluding hydrogens is 296 g/mol. The Kier molecular flexibility index (Phi) is 5.32. The van der Waals surface area contributed by atoms with Gasteiger partial charge in [-0.15, -0.1) is 0 Å². The first-order chi connectivity index (χ1) is 10.8. The van der Waals surface area contributed by atoms with Gasteiger partial charge in [0.15, 0.2) is 0 Å². The minimum Gasteiger partial charge on any atom is -0.305 e. The second-order valence-electron chi connectivity index (χ2n) is 6.61. The zero-order valence-corrected chi connectivity index (χ0v) is 13.8. The van der Waals surface area contributed by atoms with Crippen LogP contribution in [-0.4, -0.2) is 30.1 Å². The number of halogens is 1. The van der Waals surface area contributed by atoms with Gasteiger partial charge in [-0.3, -0.25) is 4.90 Å². The standard InChI is InChI=1S/C17H25ClN4/c18-15-6-4-13(5-7-15)12-14-8-10-22(11-9-14)17-3-1-2-16(17)20-21-19/h4-7,14,16-17H,1-3,8-12H2,(H2,19,20)/t16-,17+/m1/s1. The molecular formula is C17H25ClN4. The normalized spacial score (nSPS) is 27.7. The molecule has 2 N–H and O–H groups in total. The third kappa shape index (κ3) is 3.79. The minimum absolute atomic E-state index is 0.317. The average molecular weight is 321 g/mol. The maximum absolute atomic E-state index is 5.95. The molecule has 4 nitrogen and oxygen atoms in total. The lowest BCUT2D eigenvalue weighted by Crippen LogP contribution is -2.44. The SMILES string of the molecule is NN=N[C@@H]1CCC[C@@H]1N1CCC(Cc2ccc(Cl)cc2)CC1. The number of hydrogen-bond acceptors (Lipinski definition) is 3. The first-order valence-corrected chi connectivity index (χ1v) is 8.72. The molecule has 0 spiro atoms. The van der Waals surface area contributed by atoms with Crippen molar-refractivity contribution in [1.29, 1.82) is 0 Å². The molecule has 2 atom stereocenters. The van der Waals surface area contributed by atoms with Crippen molar-refractivity contribution in [2.75, 3.05) is 13.1 Å². The number of piperidine rings is 1. The summed E-state index contributed by atoms with van der Waals surface area (Å²) in [6, 6.07) is 9.17. The molecule has 22 heavy (non-hydrogen) atoms. The fraction of sp³-hybridized carbons (Fsp3) is 0.647. The topological polar surface area (TPSA) is 54.0 Å². The van der Waals surface area contributed by atoms with Crippen LogP contribution in [0.15, 0.2) is 34.6 Å². The van der Waals surface area contributed by atoms with Crippen molar-refractivity contribution in [3.05, 3.63) is 34.9 Å². The molecule has 1 saturated heterocycles. The molecule has 0 aromatic heterocycles. The summed E-state index contributed by atoms with van der Waals surface area (Å²) in [6.07, 6.45) is 7.33. The summed E-state index contributed by atoms with van der Waals surface area (Å²) in [5, 5.41) is 8.57. The minimum atomic E-state index is 0.317. The van der Waals surface area contributed by atoms with Gasteiger partial charge in [0.05, 0.1) is 6.04 Å². The van der Waals surface area contributed by atoms with Crippen molar-refractivity contribution < 1.29 is 0 Å². The highest BCUT2D eigenvalue weighted by Crippen LogP contribution is 2.31. The molecule has 1 saturated carbocycles. The molecule has 1 aromatic rings. The Morgan fingerprint density at radius 3 is 2.50 bits per heavy atom. The van der Waals surface area contributed by atoms with E-state index in [2.05, 4.69) is 27.4 Å². The van der Waals surface area contributed by atoms with Crippen LogP contribution in [0, 0.1) is 5.92 Å². The second-order valence-corrected chi connectivity index (χ2v) is 7.04. The van der Waals surface area contributed by atoms with Gasteiger partial charge in [-0.05, 0) is 75.2 Å². The van der Waals surface area contributed by atoms with Gasteiger partial charge in [0.25, 0.3) is 0 Å². The molecule has 3 rings (SSSR count). The van der Waals surface area contributed by atoms with Gasteiger partial charge in [0.1, 0.15) is 0 Å². The van der Waals surface area contributed by atoms with Crippen LogP contribution in [0.5, 0.6) is 0 Å². The predicted molar refractivity (Wildman–Crippen MR) is 89.9 cm³/mol. The number of nitrogens with zero attached hydrogens (tertiary/aromatic N) is 3. The smallest absolute Gasteiger partial charge is 0.0884 e. The van der Waals surface area contributed by atoms with Crippen molar-refractivity contribution in [1.82, 2.24) is 4.90 Å². The zero-order valence-electron chi connectivity index (χ0n) is 13.0. The van der Waals surface area contributed by atoms with Crippen molar-refractivity contribution in [3.63, 3.8) is 0 Å². The fourth-order valence-electron chi connectivity index (χ4n) is 4.01. The van der Waals surface area contributed by atoms with E-state index >= 15 is 0 Å². The van der Waals surface area contributed by atoms with Crippen LogP contribution in [0.3, 0.4) is 0 Å². The summed E-state index contributed by atoms with van der Waals surface area (Å²) in [4.78, 5) is 2.62. The van der Waals surface area contributed by atoms with E-state index in [9.17, 15) is 0 Å². The maximum Gasteiger partial charge on any atom is 0.0884 e. The van der Waals surface area contributed by atoms with E-state index in [1.807, 2.05) is 12.1 Å². The van der Waals surface area contributed by atoms with Crippen LogP contribution < -0.4 is 5.84 Å². The predicted octanol–water partition coefficient (Wildman–Crippen LogP) is 3.84. The van der Waals surface area contributed by atoms with Gasteiger partial charge in [0.2, 0.25) is 0 Å². The molecule has 2 aliphatic rings. The molecule has 2 fully saturated rings. The van der Waals surface area contributed by atoms with Crippen LogP contribution >= 0.6 is 11.6 Å². The van der Waals surface area contributed by atoms with Crippen molar-refractivity contribution in [3.8, 4) is 0 Å². The first-order valence-electron chi connectivity index (χ1n) is 8.35. The number of likely N-dealkylation sites (tertiary alicyclic amines) is 1. The zero-order chi connectivity index (χ0) is 15.4. The summed E-state index contributed by atoms with van der Waals surface area (Å²) < 4.78 is 0. The van der Waals surface area contributed by atoms with E-state index in [1.54, 1.807) is 0 Å². The van der Waals surface area contributed by atoms with Crippen molar-refractivity contribution in [2.45, 2.75) is 50.6 Å². The average Bonchev–Trinajstić information content (AvgIpc) is 2.99. The second kappa shape index (κ2) is 7.42. The number of hydrogen-bond donors (Lipinski definition) is 1. The molecule has 5 heteroatoms. The molecule has 0 bridgehead atoms. The molecule has 1 aliphatic carbocycles. The third-order valence-corrected chi connectivity index (χ3v) is 5.47. The number of nitrogens with two attached hydrogens (primary N) is 1. The summed E-state index contributed by atoms with van der Waals surface area (Å²) in [6.45, 7) is 2.36. The Balaban J connectivity index is 1.51. The van der Waals surface area contributed by atoms with E-state index in [1.165, 1.54) is 50.8 Å². The van der Waals surface area contributed by atoms with Gasteiger partial charge in [-0.2, -0.15) is 5.11 Å². The van der Waals surface area contributed by atoms with Gasteiger partial charge < -0.3 is 5.84 Å². The van der Waals surface area contributed by atoms with E-state index in [0.29, 0.717) is 12.1 Å². The highest BCUT2D eigenvalue weighted by molar-refractivity contribution is 6.30. The van der Waals surface area contributed by atoms with Gasteiger partial charge >= 0.3 is 0 Å². The summed E-state index contributed by atoms with van der Waals surface area (Å²) in [5.41, 5.74) is 1.40. The lowest BCUT2D eigenvalue weighted by Gasteiger charge is -2.37. The quantitative estimate of drug-likeness (QED) is 0.520. The highest BCUT2D eigenvalue weighted by Gasteiger charge is 2.34. The highest BCUT2D eigenvalue weighted by atomic mass is 35.5. The summed E-state index contributed by atoms with van der Waals surface area (Å²) >= 11 is 5.95. The Morgan fingerprint density at radius 1 is 1.09 bits per heavy atom. The van der Waals surface area contributed by atoms with E-state index in [4.69, 9.17) is 17.4 Å². The third-order valence-electron chi connectivity index (χ3n) is 5.21. The summed E-state index contributed by atoms with van der Waals surface area (Å²) in [7, 11) is 0. The van der Waals surface area contributed by atoms with Crippen molar-refractivity contribution >= 4 is 11.6 Å². The number of rotatable bonds is 4. The number of benzene rings is 1. The van der Waals surface area contributed by atoms with Crippen LogP contribution in [0.4, 0.5) is 0 Å². The molecule has 1 aliphatic heterocycles. The lowest BCUT2D eigenvalue weighted by atomic mass is 9.89. The van der Waals surface area contributed by atoms with Gasteiger partial charge in [-0.1, -0.05) is 29.0 Å². The fourth-order valence-corrected chi connectivity index (χ4v) is 4.14. The molecule has 0 unspecified atom stereocenters. The Hall–Kier alpha value is -1.13. The van der Waals surface area contributed by atoms with E-state index in [-0.39, 0.29) is 0 Å². The molecule has 120 valence electrons. The monoisotopic (exact) mass is 320 g/mol. The molecule has 0 amide bonds. The van der Waals surface area contributed by atoms with Gasteiger partial charge in [-0.25, -0.2) is 0 Å². The van der Waals surface area contributed by atoms with Crippen LogP contribution in [-0.2, 0) is 6.42 Å². The molecule has 1 aromatic carbocycles. The van der Waals surface area contributed by atoms with E-state index < -0.39 is 0 Å². The Labute approximate surface area is 137 Å². The summed E-state index contributed by atoms with van der Waals surface area (Å²) in [5.74, 6) is 6.03. The first kappa shape index (κ1) is 15.8. The largest absolute Gasteiger partial charge is 0.305 e. The van der Waals surface area contributed by atoms with Gasteiger partial charge in [0, 0.05) is 11.1 Å². The van der Waals surface area contributed by atoms with Crippen LogP contribution in [0.25, 0.3) is 0 Å². The molecule has 1 heterocycles. The van der Waals surface area contributed by atoms with E-state index in [0.717, 1.165) is 17.4 Å².